The fraction of sp³-hybridized carbons (Fsp3) is 0.167. The van der Waals surface area contributed by atoms with Gasteiger partial charge in [0.25, 0.3) is 0 Å². The Bertz CT molecular complexity index is 441. The van der Waals surface area contributed by atoms with Crippen molar-refractivity contribution >= 4 is 12.0 Å². The van der Waals surface area contributed by atoms with Crippen LogP contribution < -0.4 is 0 Å². The average Bonchev–Trinajstić information content (AvgIpc) is 2.28. The van der Waals surface area contributed by atoms with Crippen LogP contribution in [0.2, 0.25) is 0 Å². The van der Waals surface area contributed by atoms with E-state index in [1.807, 2.05) is 6.07 Å². The molecule has 0 aliphatic rings. The number of benzene rings is 1. The van der Waals surface area contributed by atoms with Gasteiger partial charge in [-0.25, -0.2) is 4.79 Å². The maximum absolute atomic E-state index is 11.1. The van der Waals surface area contributed by atoms with Crippen LogP contribution in [-0.2, 0) is 9.53 Å². The molecule has 3 nitrogen and oxygen atoms in total. The molecule has 1 aromatic carbocycles. The summed E-state index contributed by atoms with van der Waals surface area (Å²) in [5.41, 5.74) is 1.74. The number of methoxy groups -OCH3 is 1. The minimum absolute atomic E-state index is 0.386. The van der Waals surface area contributed by atoms with E-state index in [-0.39, 0.29) is 5.97 Å². The Kier molecular flexibility index (Phi) is 3.64. The number of nitrogens with zero attached hydrogens (tertiary/aromatic N) is 1. The molecule has 0 aliphatic carbocycles. The minimum atomic E-state index is -0.386. The van der Waals surface area contributed by atoms with Crippen LogP contribution in [0.3, 0.4) is 0 Å². The van der Waals surface area contributed by atoms with E-state index in [4.69, 9.17) is 5.26 Å². The molecule has 0 amide bonds. The Labute approximate surface area is 88.6 Å². The van der Waals surface area contributed by atoms with Crippen molar-refractivity contribution in [2.45, 2.75) is 6.92 Å². The Morgan fingerprint density at radius 2 is 2.13 bits per heavy atom. The average molecular weight is 201 g/mol. The molecule has 0 atom stereocenters. The van der Waals surface area contributed by atoms with Crippen molar-refractivity contribution in [3.8, 4) is 6.07 Å². The fourth-order valence-corrected chi connectivity index (χ4v) is 1.18. The van der Waals surface area contributed by atoms with Gasteiger partial charge >= 0.3 is 5.97 Å². The number of hydrogen-bond donors (Lipinski definition) is 0. The zero-order valence-corrected chi connectivity index (χ0v) is 8.65. The van der Waals surface area contributed by atoms with Crippen LogP contribution in [-0.4, -0.2) is 13.1 Å². The van der Waals surface area contributed by atoms with Crippen LogP contribution in [0.25, 0.3) is 6.08 Å². The summed E-state index contributed by atoms with van der Waals surface area (Å²) in [6.45, 7) is 1.65. The normalized spacial score (nSPS) is 10.6. The van der Waals surface area contributed by atoms with Gasteiger partial charge in [0.2, 0.25) is 0 Å². The Morgan fingerprint density at radius 1 is 1.47 bits per heavy atom. The van der Waals surface area contributed by atoms with Crippen molar-refractivity contribution in [3.05, 3.63) is 41.0 Å². The van der Waals surface area contributed by atoms with E-state index in [0.29, 0.717) is 11.1 Å². The van der Waals surface area contributed by atoms with Gasteiger partial charge in [0.1, 0.15) is 0 Å². The fourth-order valence-electron chi connectivity index (χ4n) is 1.18. The van der Waals surface area contributed by atoms with Gasteiger partial charge < -0.3 is 4.74 Å². The lowest BCUT2D eigenvalue weighted by Crippen LogP contribution is -2.01. The number of carbonyl (C=O) groups excluding carboxylic acids is 1. The third-order valence-electron chi connectivity index (χ3n) is 1.96. The van der Waals surface area contributed by atoms with Crippen LogP contribution in [0.1, 0.15) is 18.1 Å². The molecule has 0 fully saturated rings. The van der Waals surface area contributed by atoms with Crippen LogP contribution in [0, 0.1) is 11.3 Å². The highest BCUT2D eigenvalue weighted by atomic mass is 16.5. The van der Waals surface area contributed by atoms with Gasteiger partial charge in [-0.15, -0.1) is 0 Å². The van der Waals surface area contributed by atoms with Gasteiger partial charge in [0.15, 0.2) is 0 Å². The van der Waals surface area contributed by atoms with Crippen LogP contribution in [0.5, 0.6) is 0 Å². The van der Waals surface area contributed by atoms with Crippen LogP contribution in [0.4, 0.5) is 0 Å². The first-order valence-corrected chi connectivity index (χ1v) is 4.44. The molecule has 0 aromatic heterocycles. The van der Waals surface area contributed by atoms with E-state index in [9.17, 15) is 4.79 Å². The van der Waals surface area contributed by atoms with Gasteiger partial charge in [-0.05, 0) is 24.6 Å². The minimum Gasteiger partial charge on any atom is -0.466 e. The monoisotopic (exact) mass is 201 g/mol. The molecule has 3 heteroatoms. The lowest BCUT2D eigenvalue weighted by Gasteiger charge is -2.00. The van der Waals surface area contributed by atoms with Crippen molar-refractivity contribution in [2.75, 3.05) is 7.11 Å². The zero-order valence-electron chi connectivity index (χ0n) is 8.65. The van der Waals surface area contributed by atoms with E-state index in [0.717, 1.165) is 5.56 Å². The lowest BCUT2D eigenvalue weighted by atomic mass is 10.1. The molecule has 0 heterocycles. The van der Waals surface area contributed by atoms with Gasteiger partial charge in [0, 0.05) is 5.57 Å². The molecule has 1 rings (SSSR count). The standard InChI is InChI=1S/C12H11NO2/c1-9(12(14)15-2)7-10-5-3-4-6-11(10)8-13/h3-7H,1-2H3/b9-7+. The summed E-state index contributed by atoms with van der Waals surface area (Å²) in [6.07, 6.45) is 1.64. The molecule has 1 aromatic rings. The third kappa shape index (κ3) is 2.68. The highest BCUT2D eigenvalue weighted by Crippen LogP contribution is 2.12. The largest absolute Gasteiger partial charge is 0.466 e. The smallest absolute Gasteiger partial charge is 0.333 e. The first-order valence-electron chi connectivity index (χ1n) is 4.44. The van der Waals surface area contributed by atoms with Gasteiger partial charge in [0.05, 0.1) is 18.7 Å². The zero-order chi connectivity index (χ0) is 11.3. The molecular formula is C12H11NO2. The first-order chi connectivity index (χ1) is 7.19. The topological polar surface area (TPSA) is 50.1 Å². The second kappa shape index (κ2) is 4.97. The summed E-state index contributed by atoms with van der Waals surface area (Å²) in [5.74, 6) is -0.386. The predicted molar refractivity (Wildman–Crippen MR) is 56.8 cm³/mol. The molecule has 15 heavy (non-hydrogen) atoms. The number of nitriles is 1. The maximum atomic E-state index is 11.1. The number of rotatable bonds is 2. The van der Waals surface area contributed by atoms with E-state index in [1.165, 1.54) is 7.11 Å². The quantitative estimate of drug-likeness (QED) is 0.544. The van der Waals surface area contributed by atoms with Crippen molar-refractivity contribution < 1.29 is 9.53 Å². The van der Waals surface area contributed by atoms with Gasteiger partial charge in [-0.2, -0.15) is 5.26 Å². The number of carbonyl (C=O) groups is 1. The lowest BCUT2D eigenvalue weighted by molar-refractivity contribution is -0.135. The second-order valence-electron chi connectivity index (χ2n) is 3.02. The van der Waals surface area contributed by atoms with Gasteiger partial charge in [-0.3, -0.25) is 0 Å². The van der Waals surface area contributed by atoms with Crippen LogP contribution in [0.15, 0.2) is 29.8 Å². The van der Waals surface area contributed by atoms with Gasteiger partial charge in [-0.1, -0.05) is 18.2 Å². The van der Waals surface area contributed by atoms with Crippen LogP contribution >= 0.6 is 0 Å². The molecule has 0 saturated carbocycles. The Morgan fingerprint density at radius 3 is 2.73 bits per heavy atom. The van der Waals surface area contributed by atoms with E-state index < -0.39 is 0 Å². The summed E-state index contributed by atoms with van der Waals surface area (Å²) < 4.78 is 4.57. The van der Waals surface area contributed by atoms with Crippen molar-refractivity contribution in [2.24, 2.45) is 0 Å². The van der Waals surface area contributed by atoms with E-state index in [1.54, 1.807) is 31.2 Å². The molecule has 0 radical (unpaired) electrons. The molecule has 0 unspecified atom stereocenters. The Balaban J connectivity index is 3.09. The summed E-state index contributed by atoms with van der Waals surface area (Å²) in [5, 5.41) is 8.83. The molecule has 0 N–H and O–H groups in total. The summed E-state index contributed by atoms with van der Waals surface area (Å²) in [6, 6.07) is 9.15. The molecule has 0 aliphatic heterocycles. The predicted octanol–water partition coefficient (Wildman–Crippen LogP) is 2.13. The maximum Gasteiger partial charge on any atom is 0.333 e. The van der Waals surface area contributed by atoms with Crippen molar-refractivity contribution in [3.63, 3.8) is 0 Å². The molecule has 0 bridgehead atoms. The number of hydrogen-bond acceptors (Lipinski definition) is 3. The summed E-state index contributed by atoms with van der Waals surface area (Å²) >= 11 is 0. The molecule has 0 saturated heterocycles. The number of ether oxygens (including phenoxy) is 1. The number of esters is 1. The molecule has 76 valence electrons. The van der Waals surface area contributed by atoms with E-state index in [2.05, 4.69) is 10.8 Å². The highest BCUT2D eigenvalue weighted by molar-refractivity contribution is 5.93. The Hall–Kier alpha value is -2.08. The summed E-state index contributed by atoms with van der Waals surface area (Å²) in [7, 11) is 1.33. The molecular weight excluding hydrogens is 190 g/mol. The second-order valence-corrected chi connectivity index (χ2v) is 3.02. The highest BCUT2D eigenvalue weighted by Gasteiger charge is 2.04. The van der Waals surface area contributed by atoms with E-state index >= 15 is 0 Å². The summed E-state index contributed by atoms with van der Waals surface area (Å²) in [4.78, 5) is 11.1. The van der Waals surface area contributed by atoms with Crippen molar-refractivity contribution in [1.82, 2.24) is 0 Å². The third-order valence-corrected chi connectivity index (χ3v) is 1.96. The first kappa shape index (κ1) is 11.0. The van der Waals surface area contributed by atoms with Crippen molar-refractivity contribution in [1.29, 1.82) is 5.26 Å². The molecule has 0 spiro atoms. The SMILES string of the molecule is COC(=O)/C(C)=C/c1ccccc1C#N.